The van der Waals surface area contributed by atoms with Crippen LogP contribution >= 0.6 is 15.9 Å². The summed E-state index contributed by atoms with van der Waals surface area (Å²) in [5.41, 5.74) is 6.50. The lowest BCUT2D eigenvalue weighted by atomic mass is 10.2. The Bertz CT molecular complexity index is 666. The Labute approximate surface area is 122 Å². The lowest BCUT2D eigenvalue weighted by Gasteiger charge is -2.06. The Morgan fingerprint density at radius 2 is 2.05 bits per heavy atom. The van der Waals surface area contributed by atoms with Gasteiger partial charge in [-0.1, -0.05) is 0 Å². The zero-order valence-electron chi connectivity index (χ0n) is 10.2. The smallest absolute Gasteiger partial charge is 0.371 e. The molecule has 0 saturated heterocycles. The van der Waals surface area contributed by atoms with Crippen LogP contribution in [0.5, 0.6) is 0 Å². The molecule has 104 valence electrons. The molecule has 0 fully saturated rings. The lowest BCUT2D eigenvalue weighted by molar-refractivity contribution is 0.0660. The van der Waals surface area contributed by atoms with Gasteiger partial charge in [0.1, 0.15) is 5.76 Å². The molecule has 1 aromatic carbocycles. The SMILES string of the molecule is Nc1ccc(Br)c(C(=O)NCc2ccc(C(=O)O)o2)c1. The third kappa shape index (κ3) is 3.18. The van der Waals surface area contributed by atoms with E-state index in [0.29, 0.717) is 21.5 Å². The van der Waals surface area contributed by atoms with Gasteiger partial charge in [-0.2, -0.15) is 0 Å². The van der Waals surface area contributed by atoms with E-state index in [9.17, 15) is 9.59 Å². The van der Waals surface area contributed by atoms with E-state index in [-0.39, 0.29) is 18.2 Å². The van der Waals surface area contributed by atoms with Gasteiger partial charge in [0.2, 0.25) is 5.76 Å². The van der Waals surface area contributed by atoms with Crippen LogP contribution in [0, 0.1) is 0 Å². The van der Waals surface area contributed by atoms with Crippen molar-refractivity contribution in [3.05, 3.63) is 51.9 Å². The second-order valence-corrected chi connectivity index (χ2v) is 4.85. The van der Waals surface area contributed by atoms with Crippen molar-refractivity contribution in [2.45, 2.75) is 6.54 Å². The van der Waals surface area contributed by atoms with Crippen LogP contribution < -0.4 is 11.1 Å². The minimum Gasteiger partial charge on any atom is -0.475 e. The van der Waals surface area contributed by atoms with Crippen LogP contribution in [0.4, 0.5) is 5.69 Å². The Kier molecular flexibility index (Phi) is 4.09. The molecule has 0 aliphatic heterocycles. The molecule has 1 amide bonds. The molecule has 0 saturated carbocycles. The van der Waals surface area contributed by atoms with E-state index in [0.717, 1.165) is 0 Å². The summed E-state index contributed by atoms with van der Waals surface area (Å²) in [6.07, 6.45) is 0. The second-order valence-electron chi connectivity index (χ2n) is 3.99. The molecule has 1 heterocycles. The summed E-state index contributed by atoms with van der Waals surface area (Å²) in [6, 6.07) is 7.73. The first kappa shape index (κ1) is 14.1. The van der Waals surface area contributed by atoms with Gasteiger partial charge in [0.05, 0.1) is 12.1 Å². The number of aromatic carboxylic acids is 1. The zero-order chi connectivity index (χ0) is 14.7. The molecule has 0 aliphatic rings. The highest BCUT2D eigenvalue weighted by atomic mass is 79.9. The molecule has 0 atom stereocenters. The number of hydrogen-bond donors (Lipinski definition) is 3. The first-order valence-electron chi connectivity index (χ1n) is 5.62. The number of carbonyl (C=O) groups is 2. The Hall–Kier alpha value is -2.28. The van der Waals surface area contributed by atoms with Gasteiger partial charge in [-0.3, -0.25) is 4.79 Å². The molecule has 7 heteroatoms. The van der Waals surface area contributed by atoms with Crippen LogP contribution in [-0.4, -0.2) is 17.0 Å². The van der Waals surface area contributed by atoms with Crippen molar-refractivity contribution in [1.82, 2.24) is 5.32 Å². The third-order valence-electron chi connectivity index (χ3n) is 2.53. The van der Waals surface area contributed by atoms with Gasteiger partial charge >= 0.3 is 5.97 Å². The predicted octanol–water partition coefficient (Wildman–Crippen LogP) is 2.25. The number of rotatable bonds is 4. The van der Waals surface area contributed by atoms with Crippen LogP contribution in [-0.2, 0) is 6.54 Å². The summed E-state index contributed by atoms with van der Waals surface area (Å²) in [4.78, 5) is 22.6. The van der Waals surface area contributed by atoms with Crippen molar-refractivity contribution in [3.63, 3.8) is 0 Å². The summed E-state index contributed by atoms with van der Waals surface area (Å²) < 4.78 is 5.65. The first-order chi connectivity index (χ1) is 9.47. The van der Waals surface area contributed by atoms with E-state index in [4.69, 9.17) is 15.3 Å². The highest BCUT2D eigenvalue weighted by molar-refractivity contribution is 9.10. The quantitative estimate of drug-likeness (QED) is 0.741. The van der Waals surface area contributed by atoms with Gasteiger partial charge in [0.25, 0.3) is 5.91 Å². The molecule has 6 nitrogen and oxygen atoms in total. The summed E-state index contributed by atoms with van der Waals surface area (Å²) in [5, 5.41) is 11.3. The van der Waals surface area contributed by atoms with E-state index in [1.165, 1.54) is 12.1 Å². The highest BCUT2D eigenvalue weighted by Crippen LogP contribution is 2.19. The highest BCUT2D eigenvalue weighted by Gasteiger charge is 2.12. The van der Waals surface area contributed by atoms with E-state index in [1.807, 2.05) is 0 Å². The van der Waals surface area contributed by atoms with Crippen LogP contribution in [0.2, 0.25) is 0 Å². The minimum atomic E-state index is -1.15. The van der Waals surface area contributed by atoms with E-state index in [1.54, 1.807) is 18.2 Å². The first-order valence-corrected chi connectivity index (χ1v) is 6.42. The Morgan fingerprint density at radius 1 is 1.30 bits per heavy atom. The molecule has 2 rings (SSSR count). The predicted molar refractivity (Wildman–Crippen MR) is 75.4 cm³/mol. The maximum absolute atomic E-state index is 12.0. The van der Waals surface area contributed by atoms with Crippen LogP contribution in [0.1, 0.15) is 26.7 Å². The van der Waals surface area contributed by atoms with Crippen LogP contribution in [0.15, 0.2) is 39.2 Å². The molecule has 0 unspecified atom stereocenters. The molecule has 20 heavy (non-hydrogen) atoms. The maximum Gasteiger partial charge on any atom is 0.371 e. The fourth-order valence-corrected chi connectivity index (χ4v) is 1.99. The number of nitrogens with one attached hydrogen (secondary N) is 1. The van der Waals surface area contributed by atoms with Gasteiger partial charge in [0, 0.05) is 10.2 Å². The van der Waals surface area contributed by atoms with Gasteiger partial charge in [-0.15, -0.1) is 0 Å². The number of nitrogen functional groups attached to an aromatic ring is 1. The molecule has 2 aromatic rings. The maximum atomic E-state index is 12.0. The number of nitrogens with two attached hydrogens (primary N) is 1. The van der Waals surface area contributed by atoms with Gasteiger partial charge in [-0.05, 0) is 46.3 Å². The van der Waals surface area contributed by atoms with E-state index in [2.05, 4.69) is 21.2 Å². The topological polar surface area (TPSA) is 106 Å². The van der Waals surface area contributed by atoms with Gasteiger partial charge in [-0.25, -0.2) is 4.79 Å². The number of hydrogen-bond acceptors (Lipinski definition) is 4. The molecular weight excluding hydrogens is 328 g/mol. The lowest BCUT2D eigenvalue weighted by Crippen LogP contribution is -2.23. The van der Waals surface area contributed by atoms with Crippen molar-refractivity contribution in [1.29, 1.82) is 0 Å². The molecule has 1 aromatic heterocycles. The van der Waals surface area contributed by atoms with E-state index < -0.39 is 5.97 Å². The summed E-state index contributed by atoms with van der Waals surface area (Å²) in [6.45, 7) is 0.0906. The minimum absolute atomic E-state index is 0.0906. The van der Waals surface area contributed by atoms with Crippen molar-refractivity contribution in [2.24, 2.45) is 0 Å². The average Bonchev–Trinajstić information content (AvgIpc) is 2.88. The van der Waals surface area contributed by atoms with Crippen LogP contribution in [0.3, 0.4) is 0 Å². The average molecular weight is 339 g/mol. The molecular formula is C13H11BrN2O4. The zero-order valence-corrected chi connectivity index (χ0v) is 11.8. The third-order valence-corrected chi connectivity index (χ3v) is 3.22. The number of benzene rings is 1. The number of anilines is 1. The number of carboxylic acids is 1. The number of halogens is 1. The second kappa shape index (κ2) is 5.79. The largest absolute Gasteiger partial charge is 0.475 e. The number of amides is 1. The van der Waals surface area contributed by atoms with Crippen molar-refractivity contribution in [2.75, 3.05) is 5.73 Å². The number of carboxylic acid groups (broad SMARTS) is 1. The molecule has 0 spiro atoms. The Balaban J connectivity index is 2.04. The van der Waals surface area contributed by atoms with E-state index >= 15 is 0 Å². The summed E-state index contributed by atoms with van der Waals surface area (Å²) >= 11 is 3.26. The molecule has 4 N–H and O–H groups in total. The van der Waals surface area contributed by atoms with Gasteiger partial charge < -0.3 is 20.6 Å². The molecule has 0 bridgehead atoms. The van der Waals surface area contributed by atoms with Crippen LogP contribution in [0.25, 0.3) is 0 Å². The Morgan fingerprint density at radius 3 is 2.70 bits per heavy atom. The summed E-state index contributed by atoms with van der Waals surface area (Å²) in [5.74, 6) is -1.30. The number of furan rings is 1. The van der Waals surface area contributed by atoms with Gasteiger partial charge in [0.15, 0.2) is 0 Å². The van der Waals surface area contributed by atoms with Crippen molar-refractivity contribution >= 4 is 33.5 Å². The molecule has 0 aliphatic carbocycles. The van der Waals surface area contributed by atoms with Crippen molar-refractivity contribution < 1.29 is 19.1 Å². The monoisotopic (exact) mass is 338 g/mol. The standard InChI is InChI=1S/C13H11BrN2O4/c14-10-3-1-7(15)5-9(10)12(17)16-6-8-2-4-11(20-8)13(18)19/h1-5H,6,15H2,(H,16,17)(H,18,19). The fourth-order valence-electron chi connectivity index (χ4n) is 1.57. The van der Waals surface area contributed by atoms with Crippen molar-refractivity contribution in [3.8, 4) is 0 Å². The number of carbonyl (C=O) groups excluding carboxylic acids is 1. The summed E-state index contributed by atoms with van der Waals surface area (Å²) in [7, 11) is 0. The fraction of sp³-hybridized carbons (Fsp3) is 0.0769. The molecule has 0 radical (unpaired) electrons. The normalized spacial score (nSPS) is 10.2.